The first-order chi connectivity index (χ1) is 10.4. The molecular formula is C17H27BrN2O2. The number of rotatable bonds is 9. The predicted octanol–water partition coefficient (Wildman–Crippen LogP) is 4.43. The first-order valence-corrected chi connectivity index (χ1v) is 8.29. The lowest BCUT2D eigenvalue weighted by atomic mass is 10.0. The summed E-state index contributed by atoms with van der Waals surface area (Å²) in [6.45, 7) is 7.99. The number of carboxylic acids is 1. The molecule has 124 valence electrons. The van der Waals surface area contributed by atoms with Gasteiger partial charge in [-0.05, 0) is 43.9 Å². The molecule has 0 rings (SSSR count). The van der Waals surface area contributed by atoms with Gasteiger partial charge in [0.25, 0.3) is 0 Å². The van der Waals surface area contributed by atoms with Crippen molar-refractivity contribution in [3.05, 3.63) is 45.1 Å². The molecule has 0 radical (unpaired) electrons. The summed E-state index contributed by atoms with van der Waals surface area (Å²) in [5, 5.41) is 9.40. The molecular weight excluding hydrogens is 344 g/mol. The van der Waals surface area contributed by atoms with Gasteiger partial charge < -0.3 is 10.5 Å². The highest BCUT2D eigenvalue weighted by Crippen LogP contribution is 2.20. The summed E-state index contributed by atoms with van der Waals surface area (Å²) >= 11 is 3.54. The maximum Gasteiger partial charge on any atom is 0.333 e. The minimum atomic E-state index is -0.891. The van der Waals surface area contributed by atoms with Crippen LogP contribution in [0.25, 0.3) is 0 Å². The molecule has 0 fully saturated rings. The van der Waals surface area contributed by atoms with Crippen LogP contribution in [0.15, 0.2) is 45.1 Å². The Balaban J connectivity index is 5.64. The molecule has 0 saturated heterocycles. The number of hydrogen-bond donors (Lipinski definition) is 3. The minimum Gasteiger partial charge on any atom is -0.478 e. The smallest absolute Gasteiger partial charge is 0.333 e. The van der Waals surface area contributed by atoms with Crippen LogP contribution in [0.3, 0.4) is 0 Å². The fourth-order valence-corrected chi connectivity index (χ4v) is 2.24. The van der Waals surface area contributed by atoms with Crippen LogP contribution in [-0.2, 0) is 4.79 Å². The predicted molar refractivity (Wildman–Crippen MR) is 96.6 cm³/mol. The van der Waals surface area contributed by atoms with Crippen molar-refractivity contribution in [1.29, 1.82) is 0 Å². The van der Waals surface area contributed by atoms with Crippen molar-refractivity contribution in [2.75, 3.05) is 7.05 Å². The van der Waals surface area contributed by atoms with E-state index in [0.29, 0.717) is 17.7 Å². The first-order valence-electron chi connectivity index (χ1n) is 7.49. The Morgan fingerprint density at radius 2 is 1.82 bits per heavy atom. The largest absolute Gasteiger partial charge is 0.478 e. The molecule has 0 atom stereocenters. The number of halogens is 1. The van der Waals surface area contributed by atoms with Crippen molar-refractivity contribution < 1.29 is 9.90 Å². The molecule has 0 unspecified atom stereocenters. The van der Waals surface area contributed by atoms with Crippen LogP contribution in [0.5, 0.6) is 0 Å². The summed E-state index contributed by atoms with van der Waals surface area (Å²) in [6.07, 6.45) is 8.26. The molecule has 0 amide bonds. The van der Waals surface area contributed by atoms with Gasteiger partial charge in [-0.25, -0.2) is 10.2 Å². The maximum absolute atomic E-state index is 11.5. The van der Waals surface area contributed by atoms with E-state index in [1.165, 1.54) is 0 Å². The van der Waals surface area contributed by atoms with Gasteiger partial charge in [0.15, 0.2) is 0 Å². The topological polar surface area (TPSA) is 61.4 Å². The molecule has 5 heteroatoms. The number of aliphatic carboxylic acids is 1. The Morgan fingerprint density at radius 1 is 1.18 bits per heavy atom. The van der Waals surface area contributed by atoms with E-state index in [0.717, 1.165) is 28.5 Å². The average Bonchev–Trinajstić information content (AvgIpc) is 2.47. The highest BCUT2D eigenvalue weighted by Gasteiger charge is 2.14. The fourth-order valence-electron chi connectivity index (χ4n) is 1.94. The van der Waals surface area contributed by atoms with Crippen LogP contribution >= 0.6 is 15.9 Å². The highest BCUT2D eigenvalue weighted by molar-refractivity contribution is 9.12. The molecule has 22 heavy (non-hydrogen) atoms. The molecule has 4 nitrogen and oxygen atoms in total. The van der Waals surface area contributed by atoms with Gasteiger partial charge in [0.05, 0.1) is 11.3 Å². The zero-order valence-corrected chi connectivity index (χ0v) is 15.7. The minimum absolute atomic E-state index is 0.385. The summed E-state index contributed by atoms with van der Waals surface area (Å²) in [6, 6.07) is 0. The molecule has 0 aromatic heterocycles. The second-order valence-electron chi connectivity index (χ2n) is 4.94. The van der Waals surface area contributed by atoms with Crippen molar-refractivity contribution in [2.45, 2.75) is 47.0 Å². The van der Waals surface area contributed by atoms with Gasteiger partial charge in [0.2, 0.25) is 0 Å². The van der Waals surface area contributed by atoms with E-state index in [9.17, 15) is 9.90 Å². The Hall–Kier alpha value is -1.33. The van der Waals surface area contributed by atoms with E-state index in [1.807, 2.05) is 32.9 Å². The van der Waals surface area contributed by atoms with Crippen LogP contribution in [0.1, 0.15) is 47.0 Å². The number of hydrazine groups is 1. The molecule has 0 aliphatic carbocycles. The van der Waals surface area contributed by atoms with Crippen molar-refractivity contribution in [3.63, 3.8) is 0 Å². The Bertz CT molecular complexity index is 503. The Labute approximate surface area is 142 Å². The first kappa shape index (κ1) is 20.7. The number of nitrogens with one attached hydrogen (secondary N) is 2. The maximum atomic E-state index is 11.5. The summed E-state index contributed by atoms with van der Waals surface area (Å²) in [5.41, 5.74) is 8.79. The van der Waals surface area contributed by atoms with Crippen molar-refractivity contribution in [3.8, 4) is 0 Å². The lowest BCUT2D eigenvalue weighted by molar-refractivity contribution is -0.132. The second kappa shape index (κ2) is 11.3. The van der Waals surface area contributed by atoms with Crippen LogP contribution in [0.2, 0.25) is 0 Å². The quantitative estimate of drug-likeness (QED) is 0.319. The number of carboxylic acid groups (broad SMARTS) is 1. The molecule has 0 aromatic carbocycles. The van der Waals surface area contributed by atoms with Crippen molar-refractivity contribution in [1.82, 2.24) is 10.9 Å². The van der Waals surface area contributed by atoms with E-state index in [4.69, 9.17) is 0 Å². The number of allylic oxidation sites excluding steroid dienone is 6. The van der Waals surface area contributed by atoms with Gasteiger partial charge in [-0.3, -0.25) is 0 Å². The SMILES string of the molecule is CC/C=C(C)/C(Br)=C\C=C(C)\C(NNC)=C(\CCC)C(=O)O. The third-order valence-electron chi connectivity index (χ3n) is 3.07. The van der Waals surface area contributed by atoms with E-state index in [-0.39, 0.29) is 0 Å². The van der Waals surface area contributed by atoms with Crippen LogP contribution in [0, 0.1) is 0 Å². The summed E-state index contributed by atoms with van der Waals surface area (Å²) in [4.78, 5) is 11.5. The van der Waals surface area contributed by atoms with Gasteiger partial charge in [0, 0.05) is 11.5 Å². The Kier molecular flexibility index (Phi) is 10.6. The monoisotopic (exact) mass is 370 g/mol. The Morgan fingerprint density at radius 3 is 2.27 bits per heavy atom. The lowest BCUT2D eigenvalue weighted by Gasteiger charge is -2.14. The highest BCUT2D eigenvalue weighted by atomic mass is 79.9. The van der Waals surface area contributed by atoms with Crippen molar-refractivity contribution >= 4 is 21.9 Å². The number of hydrogen-bond acceptors (Lipinski definition) is 3. The zero-order chi connectivity index (χ0) is 17.1. The van der Waals surface area contributed by atoms with Crippen LogP contribution in [-0.4, -0.2) is 18.1 Å². The standard InChI is InChI=1S/C17H27BrN2O2/c1-6-8-12(3)15(18)11-10-13(4)16(20-19-5)14(9-7-2)17(21)22/h8,10-11,19-20H,6-7,9H2,1-5H3,(H,21,22)/b12-8+,13-10+,15-11+,16-14+. The molecule has 0 saturated carbocycles. The zero-order valence-electron chi connectivity index (χ0n) is 14.1. The summed E-state index contributed by atoms with van der Waals surface area (Å²) in [5.74, 6) is -0.891. The third kappa shape index (κ3) is 7.09. The van der Waals surface area contributed by atoms with Gasteiger partial charge >= 0.3 is 5.97 Å². The average molecular weight is 371 g/mol. The molecule has 0 heterocycles. The summed E-state index contributed by atoms with van der Waals surface area (Å²) < 4.78 is 0.991. The third-order valence-corrected chi connectivity index (χ3v) is 3.96. The molecule has 0 spiro atoms. The normalized spacial score (nSPS) is 14.7. The van der Waals surface area contributed by atoms with Crippen LogP contribution in [0.4, 0.5) is 0 Å². The van der Waals surface area contributed by atoms with Gasteiger partial charge in [-0.15, -0.1) is 0 Å². The van der Waals surface area contributed by atoms with E-state index in [1.54, 1.807) is 7.05 Å². The molecule has 0 aliphatic heterocycles. The van der Waals surface area contributed by atoms with Gasteiger partial charge in [-0.2, -0.15) is 0 Å². The number of carbonyl (C=O) groups is 1. The van der Waals surface area contributed by atoms with Gasteiger partial charge in [0.1, 0.15) is 0 Å². The van der Waals surface area contributed by atoms with Crippen molar-refractivity contribution in [2.24, 2.45) is 0 Å². The van der Waals surface area contributed by atoms with Crippen LogP contribution < -0.4 is 10.9 Å². The molecule has 0 aromatic rings. The molecule has 0 aliphatic rings. The van der Waals surface area contributed by atoms with E-state index < -0.39 is 5.97 Å². The molecule has 0 bridgehead atoms. The lowest BCUT2D eigenvalue weighted by Crippen LogP contribution is -2.30. The fraction of sp³-hybridized carbons (Fsp3) is 0.471. The van der Waals surface area contributed by atoms with E-state index in [2.05, 4.69) is 39.8 Å². The second-order valence-corrected chi connectivity index (χ2v) is 5.80. The summed E-state index contributed by atoms with van der Waals surface area (Å²) in [7, 11) is 1.72. The van der Waals surface area contributed by atoms with Gasteiger partial charge in [-0.1, -0.05) is 48.4 Å². The van der Waals surface area contributed by atoms with E-state index >= 15 is 0 Å². The molecule has 3 N–H and O–H groups in total.